The lowest BCUT2D eigenvalue weighted by Gasteiger charge is -2.33. The number of nitrogens with zero attached hydrogens (tertiary/aromatic N) is 1. The molecule has 1 aliphatic heterocycles. The number of nitrogens with one attached hydrogen (secondary N) is 1. The highest BCUT2D eigenvalue weighted by Gasteiger charge is 2.19. The van der Waals surface area contributed by atoms with Crippen molar-refractivity contribution in [2.45, 2.75) is 32.2 Å². The van der Waals surface area contributed by atoms with Gasteiger partial charge in [0.05, 0.1) is 12.8 Å². The number of piperidine rings is 1. The Hall–Kier alpha value is -0.930. The van der Waals surface area contributed by atoms with Crippen molar-refractivity contribution in [3.63, 3.8) is 0 Å². The zero-order valence-corrected chi connectivity index (χ0v) is 12.8. The normalized spacial score (nSPS) is 20.3. The molecule has 0 radical (unpaired) electrons. The van der Waals surface area contributed by atoms with Crippen LogP contribution in [0, 0.1) is 6.92 Å². The highest BCUT2D eigenvalue weighted by Crippen LogP contribution is 2.31. The number of ether oxygens (including phenoxy) is 1. The zero-order valence-electron chi connectivity index (χ0n) is 12.0. The van der Waals surface area contributed by atoms with E-state index in [1.807, 2.05) is 13.0 Å². The average molecular weight is 283 g/mol. The molecule has 0 amide bonds. The molecule has 4 heteroatoms. The summed E-state index contributed by atoms with van der Waals surface area (Å²) >= 11 is 6.12. The topological polar surface area (TPSA) is 24.5 Å². The van der Waals surface area contributed by atoms with Crippen LogP contribution in [0.4, 0.5) is 5.69 Å². The summed E-state index contributed by atoms with van der Waals surface area (Å²) < 4.78 is 5.39. The molecule has 1 unspecified atom stereocenters. The van der Waals surface area contributed by atoms with Crippen molar-refractivity contribution in [3.8, 4) is 5.75 Å². The molecule has 0 aromatic heterocycles. The molecule has 1 aromatic carbocycles. The third-order valence-electron chi connectivity index (χ3n) is 3.93. The molecule has 0 saturated carbocycles. The molecule has 2 rings (SSSR count). The molecule has 1 saturated heterocycles. The Morgan fingerprint density at radius 2 is 2.21 bits per heavy atom. The van der Waals surface area contributed by atoms with Gasteiger partial charge in [-0.1, -0.05) is 18.0 Å². The van der Waals surface area contributed by atoms with E-state index in [0.29, 0.717) is 6.04 Å². The lowest BCUT2D eigenvalue weighted by molar-refractivity contribution is 0.194. The largest absolute Gasteiger partial charge is 0.495 e. The van der Waals surface area contributed by atoms with Crippen molar-refractivity contribution in [1.82, 2.24) is 4.90 Å². The number of hydrogen-bond donors (Lipinski definition) is 1. The van der Waals surface area contributed by atoms with Crippen LogP contribution in [0.2, 0.25) is 5.02 Å². The van der Waals surface area contributed by atoms with E-state index in [1.54, 1.807) is 7.11 Å². The maximum atomic E-state index is 6.12. The smallest absolute Gasteiger partial charge is 0.143 e. The standard InChI is InChI=1S/C15H23ClN2O/c1-11-8-14(15(19-3)9-13(11)16)17-10-12-6-4-5-7-18(12)2/h8-9,12,17H,4-7,10H2,1-3H3. The second kappa shape index (κ2) is 6.49. The van der Waals surface area contributed by atoms with Crippen LogP contribution in [0.1, 0.15) is 24.8 Å². The summed E-state index contributed by atoms with van der Waals surface area (Å²) in [7, 11) is 3.88. The minimum atomic E-state index is 0.606. The van der Waals surface area contributed by atoms with E-state index >= 15 is 0 Å². The molecule has 1 heterocycles. The fourth-order valence-corrected chi connectivity index (χ4v) is 2.75. The lowest BCUT2D eigenvalue weighted by atomic mass is 10.0. The molecule has 0 aliphatic carbocycles. The second-order valence-electron chi connectivity index (χ2n) is 5.31. The molecule has 3 nitrogen and oxygen atoms in total. The highest BCUT2D eigenvalue weighted by atomic mass is 35.5. The SMILES string of the molecule is COc1cc(Cl)c(C)cc1NCC1CCCCN1C. The Morgan fingerprint density at radius 1 is 1.42 bits per heavy atom. The minimum absolute atomic E-state index is 0.606. The van der Waals surface area contributed by atoms with E-state index < -0.39 is 0 Å². The number of aryl methyl sites for hydroxylation is 1. The quantitative estimate of drug-likeness (QED) is 0.914. The summed E-state index contributed by atoms with van der Waals surface area (Å²) in [5.74, 6) is 0.814. The minimum Gasteiger partial charge on any atom is -0.495 e. The van der Waals surface area contributed by atoms with Crippen LogP contribution in [0.25, 0.3) is 0 Å². The number of benzene rings is 1. The number of halogens is 1. The summed E-state index contributed by atoms with van der Waals surface area (Å²) in [5, 5.41) is 4.25. The van der Waals surface area contributed by atoms with Crippen LogP contribution in [0.3, 0.4) is 0 Å². The van der Waals surface area contributed by atoms with Crippen LogP contribution in [-0.4, -0.2) is 38.2 Å². The molecule has 1 atom stereocenters. The van der Waals surface area contributed by atoms with Gasteiger partial charge in [-0.15, -0.1) is 0 Å². The Kier molecular flexibility index (Phi) is 4.94. The van der Waals surface area contributed by atoms with Crippen molar-refractivity contribution < 1.29 is 4.74 Å². The Morgan fingerprint density at radius 3 is 2.89 bits per heavy atom. The van der Waals surface area contributed by atoms with E-state index in [9.17, 15) is 0 Å². The van der Waals surface area contributed by atoms with Gasteiger partial charge in [0.2, 0.25) is 0 Å². The third kappa shape index (κ3) is 3.54. The summed E-state index contributed by atoms with van der Waals surface area (Å²) in [5.41, 5.74) is 2.10. The molecule has 0 spiro atoms. The van der Waals surface area contributed by atoms with Gasteiger partial charge in [0.25, 0.3) is 0 Å². The second-order valence-corrected chi connectivity index (χ2v) is 5.72. The lowest BCUT2D eigenvalue weighted by Crippen LogP contribution is -2.40. The first-order chi connectivity index (χ1) is 9.11. The summed E-state index contributed by atoms with van der Waals surface area (Å²) in [6.45, 7) is 4.16. The fraction of sp³-hybridized carbons (Fsp3) is 0.600. The van der Waals surface area contributed by atoms with Crippen LogP contribution >= 0.6 is 11.6 Å². The van der Waals surface area contributed by atoms with Crippen molar-refractivity contribution in [2.24, 2.45) is 0 Å². The van der Waals surface area contributed by atoms with Crippen molar-refractivity contribution in [1.29, 1.82) is 0 Å². The zero-order chi connectivity index (χ0) is 13.8. The maximum Gasteiger partial charge on any atom is 0.143 e. The predicted octanol–water partition coefficient (Wildman–Crippen LogP) is 3.55. The Bertz CT molecular complexity index is 436. The molecule has 1 aromatic rings. The number of likely N-dealkylation sites (N-methyl/N-ethyl adjacent to an activating group) is 1. The molecule has 1 fully saturated rings. The van der Waals surface area contributed by atoms with Gasteiger partial charge in [-0.2, -0.15) is 0 Å². The number of rotatable bonds is 4. The first-order valence-corrected chi connectivity index (χ1v) is 7.28. The maximum absolute atomic E-state index is 6.12. The fourth-order valence-electron chi connectivity index (χ4n) is 2.60. The summed E-state index contributed by atoms with van der Waals surface area (Å²) in [6.07, 6.45) is 3.90. The van der Waals surface area contributed by atoms with Crippen LogP contribution in [-0.2, 0) is 0 Å². The first kappa shape index (κ1) is 14.5. The van der Waals surface area contributed by atoms with Gasteiger partial charge >= 0.3 is 0 Å². The first-order valence-electron chi connectivity index (χ1n) is 6.90. The van der Waals surface area contributed by atoms with Gasteiger partial charge in [-0.3, -0.25) is 0 Å². The summed E-state index contributed by atoms with van der Waals surface area (Å²) in [6, 6.07) is 4.54. The monoisotopic (exact) mass is 282 g/mol. The van der Waals surface area contributed by atoms with E-state index in [0.717, 1.165) is 28.6 Å². The van der Waals surface area contributed by atoms with E-state index in [1.165, 1.54) is 25.8 Å². The van der Waals surface area contributed by atoms with Gasteiger partial charge in [-0.25, -0.2) is 0 Å². The van der Waals surface area contributed by atoms with E-state index in [4.69, 9.17) is 16.3 Å². The number of anilines is 1. The number of likely N-dealkylation sites (tertiary alicyclic amines) is 1. The van der Waals surface area contributed by atoms with Gasteiger partial charge < -0.3 is 15.0 Å². The molecular weight excluding hydrogens is 260 g/mol. The van der Waals surface area contributed by atoms with Crippen molar-refractivity contribution >= 4 is 17.3 Å². The predicted molar refractivity (Wildman–Crippen MR) is 81.5 cm³/mol. The third-order valence-corrected chi connectivity index (χ3v) is 4.34. The molecule has 106 valence electrons. The highest BCUT2D eigenvalue weighted by molar-refractivity contribution is 6.31. The Balaban J connectivity index is 2.04. The van der Waals surface area contributed by atoms with Crippen molar-refractivity contribution in [2.75, 3.05) is 32.6 Å². The average Bonchev–Trinajstić information content (AvgIpc) is 2.41. The van der Waals surface area contributed by atoms with E-state index in [-0.39, 0.29) is 0 Å². The van der Waals surface area contributed by atoms with Gasteiger partial charge in [0, 0.05) is 23.7 Å². The van der Waals surface area contributed by atoms with Crippen molar-refractivity contribution in [3.05, 3.63) is 22.7 Å². The number of methoxy groups -OCH3 is 1. The molecule has 1 aliphatic rings. The molecule has 19 heavy (non-hydrogen) atoms. The van der Waals surface area contributed by atoms with Gasteiger partial charge in [0.1, 0.15) is 5.75 Å². The molecule has 0 bridgehead atoms. The van der Waals surface area contributed by atoms with Gasteiger partial charge in [0.15, 0.2) is 0 Å². The van der Waals surface area contributed by atoms with Crippen LogP contribution < -0.4 is 10.1 Å². The molecular formula is C15H23ClN2O. The summed E-state index contributed by atoms with van der Waals surface area (Å²) in [4.78, 5) is 2.44. The molecule has 1 N–H and O–H groups in total. The van der Waals surface area contributed by atoms with Crippen LogP contribution in [0.15, 0.2) is 12.1 Å². The Labute approximate surface area is 120 Å². The van der Waals surface area contributed by atoms with Gasteiger partial charge in [-0.05, 0) is 45.0 Å². The number of hydrogen-bond acceptors (Lipinski definition) is 3. The van der Waals surface area contributed by atoms with E-state index in [2.05, 4.69) is 23.3 Å². The van der Waals surface area contributed by atoms with Crippen LogP contribution in [0.5, 0.6) is 5.75 Å².